The normalized spacial score (nSPS) is 11.5. The first-order valence-electron chi connectivity index (χ1n) is 4.93. The van der Waals surface area contributed by atoms with E-state index in [1.807, 2.05) is 24.3 Å². The number of hydrogen-bond donors (Lipinski definition) is 2. The van der Waals surface area contributed by atoms with Crippen LogP contribution in [0.5, 0.6) is 0 Å². The van der Waals surface area contributed by atoms with Gasteiger partial charge in [0.15, 0.2) is 5.84 Å². The van der Waals surface area contributed by atoms with Crippen molar-refractivity contribution in [2.75, 3.05) is 0 Å². The second-order valence-corrected chi connectivity index (χ2v) is 5.17. The highest BCUT2D eigenvalue weighted by molar-refractivity contribution is 9.10. The third-order valence-corrected chi connectivity index (χ3v) is 4.00. The van der Waals surface area contributed by atoms with E-state index in [1.165, 1.54) is 18.0 Å². The highest BCUT2D eigenvalue weighted by Crippen LogP contribution is 2.31. The molecule has 0 unspecified atom stereocenters. The second kappa shape index (κ2) is 5.83. The van der Waals surface area contributed by atoms with Crippen LogP contribution < -0.4 is 5.73 Å². The molecule has 0 amide bonds. The van der Waals surface area contributed by atoms with Gasteiger partial charge in [-0.05, 0) is 28.1 Å². The van der Waals surface area contributed by atoms with Crippen LogP contribution in [0.4, 0.5) is 0 Å². The van der Waals surface area contributed by atoms with Gasteiger partial charge in [-0.3, -0.25) is 0 Å². The van der Waals surface area contributed by atoms with E-state index in [1.54, 1.807) is 6.20 Å². The van der Waals surface area contributed by atoms with Crippen LogP contribution in [-0.4, -0.2) is 21.0 Å². The van der Waals surface area contributed by atoms with Gasteiger partial charge in [0.2, 0.25) is 0 Å². The first-order valence-corrected chi connectivity index (χ1v) is 6.54. The van der Waals surface area contributed by atoms with Gasteiger partial charge in [0.1, 0.15) is 10.7 Å². The summed E-state index contributed by atoms with van der Waals surface area (Å²) in [6.07, 6.45) is 3.05. The van der Waals surface area contributed by atoms with Crippen LogP contribution in [0, 0.1) is 0 Å². The Bertz CT molecular complexity index is 574. The average Bonchev–Trinajstić information content (AvgIpc) is 2.41. The predicted octanol–water partition coefficient (Wildman–Crippen LogP) is 2.48. The van der Waals surface area contributed by atoms with Gasteiger partial charge < -0.3 is 10.9 Å². The lowest BCUT2D eigenvalue weighted by Crippen LogP contribution is -2.15. The van der Waals surface area contributed by atoms with Crippen molar-refractivity contribution >= 4 is 33.5 Å². The summed E-state index contributed by atoms with van der Waals surface area (Å²) in [6.45, 7) is 0. The van der Waals surface area contributed by atoms with Gasteiger partial charge >= 0.3 is 0 Å². The highest BCUT2D eigenvalue weighted by atomic mass is 79.9. The van der Waals surface area contributed by atoms with Crippen molar-refractivity contribution in [2.24, 2.45) is 10.9 Å². The molecule has 1 aromatic carbocycles. The first-order chi connectivity index (χ1) is 8.70. The molecular formula is C11H9BrN4OS. The maximum atomic E-state index is 8.51. The van der Waals surface area contributed by atoms with Crippen LogP contribution in [-0.2, 0) is 0 Å². The van der Waals surface area contributed by atoms with Crippen LogP contribution in [0.3, 0.4) is 0 Å². The maximum Gasteiger partial charge on any atom is 0.190 e. The van der Waals surface area contributed by atoms with E-state index in [2.05, 4.69) is 31.1 Å². The summed E-state index contributed by atoms with van der Waals surface area (Å²) in [5.74, 6) is -0.0556. The molecule has 0 aliphatic heterocycles. The number of nitrogens with two attached hydrogens (primary N) is 1. The number of nitrogens with zero attached hydrogens (tertiary/aromatic N) is 3. The number of halogens is 1. The lowest BCUT2D eigenvalue weighted by Gasteiger charge is -2.03. The minimum Gasteiger partial charge on any atom is -0.409 e. The van der Waals surface area contributed by atoms with Crippen LogP contribution in [0.25, 0.3) is 0 Å². The Balaban J connectivity index is 2.19. The Kier molecular flexibility index (Phi) is 4.16. The van der Waals surface area contributed by atoms with Crippen LogP contribution in [0.2, 0.25) is 0 Å². The summed E-state index contributed by atoms with van der Waals surface area (Å²) in [6, 6.07) is 7.83. The number of oxime groups is 1. The van der Waals surface area contributed by atoms with Crippen molar-refractivity contribution in [3.05, 3.63) is 46.8 Å². The van der Waals surface area contributed by atoms with Gasteiger partial charge in [-0.25, -0.2) is 9.97 Å². The van der Waals surface area contributed by atoms with E-state index in [9.17, 15) is 0 Å². The van der Waals surface area contributed by atoms with Crippen LogP contribution >= 0.6 is 27.7 Å². The molecule has 0 saturated heterocycles. The molecular weight excluding hydrogens is 316 g/mol. The highest BCUT2D eigenvalue weighted by Gasteiger charge is 2.05. The average molecular weight is 325 g/mol. The van der Waals surface area contributed by atoms with E-state index < -0.39 is 0 Å². The SMILES string of the molecule is NC(=NO)c1cnc(Sc2ccccc2Br)cn1. The van der Waals surface area contributed by atoms with Gasteiger partial charge in [0.05, 0.1) is 12.4 Å². The molecule has 0 spiro atoms. The lowest BCUT2D eigenvalue weighted by atomic mass is 10.4. The first kappa shape index (κ1) is 12.8. The molecule has 2 aromatic rings. The van der Waals surface area contributed by atoms with E-state index in [4.69, 9.17) is 10.9 Å². The fourth-order valence-corrected chi connectivity index (χ4v) is 2.47. The molecule has 3 N–H and O–H groups in total. The van der Waals surface area contributed by atoms with E-state index in [0.717, 1.165) is 14.4 Å². The molecule has 0 fully saturated rings. The quantitative estimate of drug-likeness (QED) is 0.392. The van der Waals surface area contributed by atoms with E-state index >= 15 is 0 Å². The molecule has 0 atom stereocenters. The summed E-state index contributed by atoms with van der Waals surface area (Å²) in [4.78, 5) is 9.30. The zero-order valence-corrected chi connectivity index (χ0v) is 11.5. The molecule has 0 saturated carbocycles. The fourth-order valence-electron chi connectivity index (χ4n) is 1.19. The van der Waals surface area contributed by atoms with Crippen LogP contribution in [0.15, 0.2) is 56.2 Å². The molecule has 1 aromatic heterocycles. The minimum absolute atomic E-state index is 0.0556. The summed E-state index contributed by atoms with van der Waals surface area (Å²) >= 11 is 4.94. The van der Waals surface area contributed by atoms with Gasteiger partial charge in [-0.2, -0.15) is 0 Å². The van der Waals surface area contributed by atoms with Crippen molar-refractivity contribution in [2.45, 2.75) is 9.92 Å². The molecule has 18 heavy (non-hydrogen) atoms. The van der Waals surface area contributed by atoms with Crippen molar-refractivity contribution < 1.29 is 5.21 Å². The predicted molar refractivity (Wildman–Crippen MR) is 72.8 cm³/mol. The number of benzene rings is 1. The molecule has 0 aliphatic carbocycles. The molecule has 2 rings (SSSR count). The maximum absolute atomic E-state index is 8.51. The third-order valence-electron chi connectivity index (χ3n) is 2.05. The third kappa shape index (κ3) is 2.99. The second-order valence-electron chi connectivity index (χ2n) is 3.26. The van der Waals surface area contributed by atoms with Gasteiger partial charge in [0, 0.05) is 9.37 Å². The summed E-state index contributed by atoms with van der Waals surface area (Å²) in [5.41, 5.74) is 5.75. The summed E-state index contributed by atoms with van der Waals surface area (Å²) < 4.78 is 0.998. The standard InChI is InChI=1S/C11H9BrN4OS/c12-7-3-1-2-4-9(7)18-10-6-14-8(5-15-10)11(13)16-17/h1-6,17H,(H2,13,16). The molecule has 5 nitrogen and oxygen atoms in total. The molecule has 0 radical (unpaired) electrons. The monoisotopic (exact) mass is 324 g/mol. The zero-order chi connectivity index (χ0) is 13.0. The molecule has 0 bridgehead atoms. The van der Waals surface area contributed by atoms with Crippen molar-refractivity contribution in [1.29, 1.82) is 0 Å². The number of amidine groups is 1. The van der Waals surface area contributed by atoms with Crippen molar-refractivity contribution in [3.63, 3.8) is 0 Å². The molecule has 0 aliphatic rings. The fraction of sp³-hybridized carbons (Fsp3) is 0. The molecule has 92 valence electrons. The Morgan fingerprint density at radius 1 is 1.28 bits per heavy atom. The van der Waals surface area contributed by atoms with Crippen molar-refractivity contribution in [3.8, 4) is 0 Å². The van der Waals surface area contributed by atoms with E-state index in [0.29, 0.717) is 5.69 Å². The Morgan fingerprint density at radius 2 is 2.06 bits per heavy atom. The van der Waals surface area contributed by atoms with Gasteiger partial charge in [0.25, 0.3) is 0 Å². The zero-order valence-electron chi connectivity index (χ0n) is 9.12. The summed E-state index contributed by atoms with van der Waals surface area (Å²) in [7, 11) is 0. The van der Waals surface area contributed by atoms with E-state index in [-0.39, 0.29) is 5.84 Å². The molecule has 7 heteroatoms. The van der Waals surface area contributed by atoms with Gasteiger partial charge in [-0.15, -0.1) is 0 Å². The summed E-state index contributed by atoms with van der Waals surface area (Å²) in [5, 5.41) is 12.1. The number of aromatic nitrogens is 2. The van der Waals surface area contributed by atoms with Gasteiger partial charge in [-0.1, -0.05) is 29.1 Å². The number of hydrogen-bond acceptors (Lipinski definition) is 5. The topological polar surface area (TPSA) is 84.4 Å². The Labute approximate surface area is 116 Å². The largest absolute Gasteiger partial charge is 0.409 e. The lowest BCUT2D eigenvalue weighted by molar-refractivity contribution is 0.318. The van der Waals surface area contributed by atoms with Crippen LogP contribution in [0.1, 0.15) is 5.69 Å². The Morgan fingerprint density at radius 3 is 2.67 bits per heavy atom. The Hall–Kier alpha value is -1.60. The van der Waals surface area contributed by atoms with Crippen molar-refractivity contribution in [1.82, 2.24) is 9.97 Å². The molecule has 1 heterocycles. The minimum atomic E-state index is -0.0556. The number of rotatable bonds is 3. The smallest absolute Gasteiger partial charge is 0.190 e.